The van der Waals surface area contributed by atoms with E-state index in [0.29, 0.717) is 5.88 Å². The smallest absolute Gasteiger partial charge is 0.222 e. The van der Waals surface area contributed by atoms with Gasteiger partial charge in [0, 0.05) is 13.0 Å². The molecule has 16 heavy (non-hydrogen) atoms. The van der Waals surface area contributed by atoms with Gasteiger partial charge in [-0.2, -0.15) is 4.98 Å². The zero-order valence-electron chi connectivity index (χ0n) is 10.0. The highest BCUT2D eigenvalue weighted by Crippen LogP contribution is 2.21. The molecule has 1 N–H and O–H groups in total. The second-order valence-corrected chi connectivity index (χ2v) is 3.30. The molecule has 4 heteroatoms. The summed E-state index contributed by atoms with van der Waals surface area (Å²) in [7, 11) is 0. The van der Waals surface area contributed by atoms with Gasteiger partial charge in [-0.15, -0.1) is 6.42 Å². The van der Waals surface area contributed by atoms with E-state index in [1.54, 1.807) is 0 Å². The lowest BCUT2D eigenvalue weighted by molar-refractivity contribution is 0.350. The first-order valence-electron chi connectivity index (χ1n) is 5.40. The SMILES string of the molecule is C#CCOc1nc(CC)nc(NCC)c1C. The molecule has 0 aliphatic carbocycles. The fraction of sp³-hybridized carbons (Fsp3) is 0.500. The molecular formula is C12H17N3O. The number of terminal acetylenes is 1. The van der Waals surface area contributed by atoms with E-state index in [4.69, 9.17) is 11.2 Å². The molecule has 0 amide bonds. The lowest BCUT2D eigenvalue weighted by atomic mass is 10.3. The standard InChI is InChI=1S/C12H17N3O/c1-5-8-16-12-9(4)11(13-7-3)14-10(6-2)15-12/h1H,6-8H2,2-4H3,(H,13,14,15). The van der Waals surface area contributed by atoms with Crippen LogP contribution in [0, 0.1) is 19.3 Å². The van der Waals surface area contributed by atoms with Gasteiger partial charge in [0.15, 0.2) is 6.61 Å². The number of aryl methyl sites for hydroxylation is 1. The van der Waals surface area contributed by atoms with Crippen molar-refractivity contribution in [2.75, 3.05) is 18.5 Å². The van der Waals surface area contributed by atoms with Crippen molar-refractivity contribution in [3.05, 3.63) is 11.4 Å². The molecule has 0 aliphatic heterocycles. The summed E-state index contributed by atoms with van der Waals surface area (Å²) >= 11 is 0. The van der Waals surface area contributed by atoms with Crippen LogP contribution >= 0.6 is 0 Å². The Morgan fingerprint density at radius 3 is 2.69 bits per heavy atom. The third-order valence-electron chi connectivity index (χ3n) is 2.10. The van der Waals surface area contributed by atoms with E-state index in [1.165, 1.54) is 0 Å². The van der Waals surface area contributed by atoms with E-state index >= 15 is 0 Å². The van der Waals surface area contributed by atoms with Crippen LogP contribution in [-0.2, 0) is 6.42 Å². The molecule has 0 fully saturated rings. The lowest BCUT2D eigenvalue weighted by Crippen LogP contribution is -2.09. The van der Waals surface area contributed by atoms with Crippen LogP contribution in [0.2, 0.25) is 0 Å². The summed E-state index contributed by atoms with van der Waals surface area (Å²) in [6.07, 6.45) is 5.93. The molecular weight excluding hydrogens is 202 g/mol. The van der Waals surface area contributed by atoms with E-state index in [-0.39, 0.29) is 6.61 Å². The molecule has 0 radical (unpaired) electrons. The van der Waals surface area contributed by atoms with Crippen LogP contribution in [0.25, 0.3) is 0 Å². The summed E-state index contributed by atoms with van der Waals surface area (Å²) < 4.78 is 5.39. The molecule has 1 heterocycles. The number of rotatable bonds is 5. The molecule has 4 nitrogen and oxygen atoms in total. The quantitative estimate of drug-likeness (QED) is 0.767. The summed E-state index contributed by atoms with van der Waals surface area (Å²) in [4.78, 5) is 8.70. The van der Waals surface area contributed by atoms with Crippen LogP contribution in [-0.4, -0.2) is 23.1 Å². The zero-order chi connectivity index (χ0) is 12.0. The van der Waals surface area contributed by atoms with Crippen molar-refractivity contribution >= 4 is 5.82 Å². The molecule has 86 valence electrons. The molecule has 0 spiro atoms. The number of ether oxygens (including phenoxy) is 1. The summed E-state index contributed by atoms with van der Waals surface area (Å²) in [5, 5.41) is 3.18. The first-order valence-corrected chi connectivity index (χ1v) is 5.40. The van der Waals surface area contributed by atoms with Crippen molar-refractivity contribution < 1.29 is 4.74 Å². The van der Waals surface area contributed by atoms with E-state index in [1.807, 2.05) is 20.8 Å². The monoisotopic (exact) mass is 219 g/mol. The normalized spacial score (nSPS) is 9.62. The van der Waals surface area contributed by atoms with Crippen molar-refractivity contribution in [2.24, 2.45) is 0 Å². The predicted octanol–water partition coefficient (Wildman–Crippen LogP) is 1.79. The van der Waals surface area contributed by atoms with Gasteiger partial charge >= 0.3 is 0 Å². The van der Waals surface area contributed by atoms with E-state index < -0.39 is 0 Å². The van der Waals surface area contributed by atoms with Gasteiger partial charge < -0.3 is 10.1 Å². The Labute approximate surface area is 96.5 Å². The molecule has 1 aromatic rings. The number of hydrogen-bond acceptors (Lipinski definition) is 4. The van der Waals surface area contributed by atoms with Crippen molar-refractivity contribution in [3.63, 3.8) is 0 Å². The van der Waals surface area contributed by atoms with Crippen LogP contribution in [0.15, 0.2) is 0 Å². The van der Waals surface area contributed by atoms with Gasteiger partial charge in [0.05, 0.1) is 5.56 Å². The highest BCUT2D eigenvalue weighted by Gasteiger charge is 2.10. The molecule has 0 unspecified atom stereocenters. The first-order chi connectivity index (χ1) is 7.72. The summed E-state index contributed by atoms with van der Waals surface area (Å²) in [6.45, 7) is 6.99. The topological polar surface area (TPSA) is 47.0 Å². The predicted molar refractivity (Wildman–Crippen MR) is 64.6 cm³/mol. The minimum Gasteiger partial charge on any atom is -0.464 e. The zero-order valence-corrected chi connectivity index (χ0v) is 10.0. The molecule has 1 rings (SSSR count). The summed E-state index contributed by atoms with van der Waals surface area (Å²) in [6, 6.07) is 0. The minimum absolute atomic E-state index is 0.229. The van der Waals surface area contributed by atoms with Gasteiger partial charge in [0.2, 0.25) is 5.88 Å². The lowest BCUT2D eigenvalue weighted by Gasteiger charge is -2.12. The Morgan fingerprint density at radius 2 is 2.12 bits per heavy atom. The van der Waals surface area contributed by atoms with Crippen LogP contribution in [0.3, 0.4) is 0 Å². The Balaban J connectivity index is 3.05. The second-order valence-electron chi connectivity index (χ2n) is 3.30. The largest absolute Gasteiger partial charge is 0.464 e. The van der Waals surface area contributed by atoms with E-state index in [0.717, 1.165) is 30.2 Å². The van der Waals surface area contributed by atoms with Gasteiger partial charge in [0.1, 0.15) is 11.6 Å². The third-order valence-corrected chi connectivity index (χ3v) is 2.10. The van der Waals surface area contributed by atoms with Crippen molar-refractivity contribution in [1.82, 2.24) is 9.97 Å². The van der Waals surface area contributed by atoms with Crippen LogP contribution < -0.4 is 10.1 Å². The van der Waals surface area contributed by atoms with E-state index in [2.05, 4.69) is 21.2 Å². The van der Waals surface area contributed by atoms with Gasteiger partial charge in [0.25, 0.3) is 0 Å². The third kappa shape index (κ3) is 2.86. The van der Waals surface area contributed by atoms with E-state index in [9.17, 15) is 0 Å². The number of aromatic nitrogens is 2. The van der Waals surface area contributed by atoms with Crippen molar-refractivity contribution in [2.45, 2.75) is 27.2 Å². The van der Waals surface area contributed by atoms with Crippen LogP contribution in [0.5, 0.6) is 5.88 Å². The maximum absolute atomic E-state index is 5.39. The number of anilines is 1. The highest BCUT2D eigenvalue weighted by atomic mass is 16.5. The Hall–Kier alpha value is -1.76. The summed E-state index contributed by atoms with van der Waals surface area (Å²) in [5.74, 6) is 4.58. The molecule has 1 aromatic heterocycles. The molecule has 0 aromatic carbocycles. The molecule has 0 atom stereocenters. The molecule has 0 bridgehead atoms. The van der Waals surface area contributed by atoms with Crippen molar-refractivity contribution in [1.29, 1.82) is 0 Å². The van der Waals surface area contributed by atoms with Crippen molar-refractivity contribution in [3.8, 4) is 18.2 Å². The van der Waals surface area contributed by atoms with Gasteiger partial charge in [-0.1, -0.05) is 12.8 Å². The van der Waals surface area contributed by atoms with Gasteiger partial charge in [-0.25, -0.2) is 4.98 Å². The number of nitrogens with zero attached hydrogens (tertiary/aromatic N) is 2. The molecule has 0 saturated heterocycles. The Morgan fingerprint density at radius 1 is 1.38 bits per heavy atom. The average Bonchev–Trinajstić information content (AvgIpc) is 2.30. The Bertz CT molecular complexity index is 396. The van der Waals surface area contributed by atoms with Crippen LogP contribution in [0.4, 0.5) is 5.82 Å². The highest BCUT2D eigenvalue weighted by molar-refractivity contribution is 5.48. The fourth-order valence-electron chi connectivity index (χ4n) is 1.29. The fourth-order valence-corrected chi connectivity index (χ4v) is 1.29. The van der Waals surface area contributed by atoms with Gasteiger partial charge in [-0.3, -0.25) is 0 Å². The second kappa shape index (κ2) is 5.96. The van der Waals surface area contributed by atoms with Gasteiger partial charge in [-0.05, 0) is 13.8 Å². The minimum atomic E-state index is 0.229. The number of nitrogens with one attached hydrogen (secondary N) is 1. The molecule has 0 aliphatic rings. The Kier molecular flexibility index (Phi) is 4.59. The maximum atomic E-state index is 5.39. The average molecular weight is 219 g/mol. The maximum Gasteiger partial charge on any atom is 0.222 e. The molecule has 0 saturated carbocycles. The first kappa shape index (κ1) is 12.3. The summed E-state index contributed by atoms with van der Waals surface area (Å²) in [5.41, 5.74) is 0.898. The number of hydrogen-bond donors (Lipinski definition) is 1. The van der Waals surface area contributed by atoms with Crippen LogP contribution in [0.1, 0.15) is 25.2 Å².